The van der Waals surface area contributed by atoms with Crippen molar-refractivity contribution in [2.75, 3.05) is 37.6 Å². The highest BCUT2D eigenvalue weighted by Crippen LogP contribution is 2.43. The van der Waals surface area contributed by atoms with Gasteiger partial charge in [-0.15, -0.1) is 0 Å². The smallest absolute Gasteiger partial charge is 0.268 e. The number of sulfonamides is 1. The van der Waals surface area contributed by atoms with Crippen molar-refractivity contribution < 1.29 is 23.0 Å². The number of fused-ring (bicyclic) bond motifs is 2. The normalized spacial score (nSPS) is 18.6. The Labute approximate surface area is 206 Å². The van der Waals surface area contributed by atoms with Gasteiger partial charge in [0, 0.05) is 13.1 Å². The van der Waals surface area contributed by atoms with Crippen LogP contribution in [0.15, 0.2) is 77.7 Å². The average Bonchev–Trinajstić information content (AvgIpc) is 2.97. The maximum absolute atomic E-state index is 13.7. The summed E-state index contributed by atoms with van der Waals surface area (Å²) < 4.78 is 40.0. The van der Waals surface area contributed by atoms with Gasteiger partial charge < -0.3 is 19.5 Å². The van der Waals surface area contributed by atoms with Gasteiger partial charge >= 0.3 is 0 Å². The number of piperidine rings is 1. The molecule has 0 radical (unpaired) electrons. The van der Waals surface area contributed by atoms with Gasteiger partial charge in [0.05, 0.1) is 18.9 Å². The topological polar surface area (TPSA) is 79.3 Å². The molecule has 3 aromatic carbocycles. The number of ether oxygens (including phenoxy) is 2. The van der Waals surface area contributed by atoms with Crippen LogP contribution in [-0.4, -0.2) is 51.7 Å². The van der Waals surface area contributed by atoms with E-state index in [9.17, 15) is 13.5 Å². The van der Waals surface area contributed by atoms with Crippen molar-refractivity contribution in [3.63, 3.8) is 0 Å². The molecule has 0 aliphatic carbocycles. The third-order valence-electron chi connectivity index (χ3n) is 6.83. The zero-order valence-electron chi connectivity index (χ0n) is 19.7. The van der Waals surface area contributed by atoms with Crippen LogP contribution in [0.1, 0.15) is 24.5 Å². The van der Waals surface area contributed by atoms with Crippen LogP contribution in [0.3, 0.4) is 0 Å². The lowest BCUT2D eigenvalue weighted by Crippen LogP contribution is -2.42. The molecular formula is C27H30N2O5S. The number of likely N-dealkylation sites (tertiary alicyclic amines) is 1. The van der Waals surface area contributed by atoms with E-state index in [0.29, 0.717) is 30.3 Å². The summed E-state index contributed by atoms with van der Waals surface area (Å²) in [6.07, 6.45) is 1.13. The van der Waals surface area contributed by atoms with Gasteiger partial charge in [0.1, 0.15) is 16.4 Å². The number of hydrogen-bond donors (Lipinski definition) is 1. The van der Waals surface area contributed by atoms with Gasteiger partial charge in [0.15, 0.2) is 5.75 Å². The predicted molar refractivity (Wildman–Crippen MR) is 135 cm³/mol. The fourth-order valence-corrected chi connectivity index (χ4v) is 6.49. The highest BCUT2D eigenvalue weighted by atomic mass is 32.2. The number of rotatable bonds is 6. The first-order chi connectivity index (χ1) is 17.0. The predicted octanol–water partition coefficient (Wildman–Crippen LogP) is 4.44. The summed E-state index contributed by atoms with van der Waals surface area (Å²) >= 11 is 0. The lowest BCUT2D eigenvalue weighted by molar-refractivity contribution is 0.0905. The Morgan fingerprint density at radius 1 is 0.971 bits per heavy atom. The van der Waals surface area contributed by atoms with Crippen molar-refractivity contribution >= 4 is 15.7 Å². The van der Waals surface area contributed by atoms with Crippen molar-refractivity contribution in [2.24, 2.45) is 5.92 Å². The minimum Gasteiger partial charge on any atom is -0.497 e. The van der Waals surface area contributed by atoms with Gasteiger partial charge in [-0.2, -0.15) is 0 Å². The van der Waals surface area contributed by atoms with Crippen molar-refractivity contribution in [1.82, 2.24) is 4.90 Å². The maximum Gasteiger partial charge on any atom is 0.268 e. The summed E-state index contributed by atoms with van der Waals surface area (Å²) in [6.45, 7) is 2.55. The number of para-hydroxylation sites is 3. The monoisotopic (exact) mass is 494 g/mol. The van der Waals surface area contributed by atoms with Gasteiger partial charge in [-0.05, 0) is 73.8 Å². The fourth-order valence-electron chi connectivity index (χ4n) is 4.82. The molecule has 2 heterocycles. The number of anilines is 1. The Bertz CT molecular complexity index is 1270. The molecule has 0 saturated carbocycles. The lowest BCUT2D eigenvalue weighted by atomic mass is 9.96. The molecule has 0 bridgehead atoms. The zero-order chi connectivity index (χ0) is 24.4. The largest absolute Gasteiger partial charge is 0.497 e. The Morgan fingerprint density at radius 3 is 2.34 bits per heavy atom. The van der Waals surface area contributed by atoms with E-state index in [2.05, 4.69) is 4.90 Å². The Hall–Kier alpha value is -3.07. The van der Waals surface area contributed by atoms with Crippen LogP contribution in [0.25, 0.3) is 0 Å². The van der Waals surface area contributed by atoms with Gasteiger partial charge in [0.25, 0.3) is 10.0 Å². The Kier molecular flexibility index (Phi) is 6.69. The molecule has 3 aromatic rings. The van der Waals surface area contributed by atoms with E-state index in [0.717, 1.165) is 37.2 Å². The van der Waals surface area contributed by atoms with Gasteiger partial charge in [-0.1, -0.05) is 36.4 Å². The molecule has 2 aliphatic heterocycles. The highest BCUT2D eigenvalue weighted by molar-refractivity contribution is 7.93. The van der Waals surface area contributed by atoms with Crippen LogP contribution in [0.2, 0.25) is 0 Å². The first-order valence-corrected chi connectivity index (χ1v) is 13.3. The Balaban J connectivity index is 1.27. The van der Waals surface area contributed by atoms with Crippen molar-refractivity contribution in [3.8, 4) is 17.2 Å². The molecule has 1 atom stereocenters. The second kappa shape index (κ2) is 9.89. The molecule has 2 aliphatic rings. The second-order valence-electron chi connectivity index (χ2n) is 9.09. The van der Waals surface area contributed by atoms with Gasteiger partial charge in [-0.3, -0.25) is 4.31 Å². The van der Waals surface area contributed by atoms with E-state index in [-0.39, 0.29) is 10.8 Å². The van der Waals surface area contributed by atoms with Crippen LogP contribution in [-0.2, 0) is 10.0 Å². The number of methoxy groups -OCH3 is 1. The molecule has 1 saturated heterocycles. The number of aliphatic hydroxyl groups is 1. The third kappa shape index (κ3) is 4.87. The maximum atomic E-state index is 13.7. The van der Waals surface area contributed by atoms with Crippen molar-refractivity contribution in [3.05, 3.63) is 78.4 Å². The molecule has 184 valence electrons. The van der Waals surface area contributed by atoms with Crippen LogP contribution in [0.4, 0.5) is 5.69 Å². The first-order valence-electron chi connectivity index (χ1n) is 11.9. The summed E-state index contributed by atoms with van der Waals surface area (Å²) in [4.78, 5) is 2.44. The minimum absolute atomic E-state index is 0.191. The molecule has 35 heavy (non-hydrogen) atoms. The van der Waals surface area contributed by atoms with E-state index in [1.54, 1.807) is 37.4 Å². The van der Waals surface area contributed by atoms with E-state index >= 15 is 0 Å². The third-order valence-corrected chi connectivity index (χ3v) is 8.65. The molecule has 0 aromatic heterocycles. The standard InChI is InChI=1S/C27H30N2O5S/c1-33-22-12-10-21(11-13-22)24(30)19-28-16-14-20(15-17-28)18-29-23-6-2-3-7-25(23)34-26-8-4-5-9-27(26)35(29,31)32/h2-13,20,24,30H,14-19H2,1H3/t24-/m0/s1. The van der Waals surface area contributed by atoms with Crippen LogP contribution in [0.5, 0.6) is 17.2 Å². The van der Waals surface area contributed by atoms with Crippen LogP contribution in [0, 0.1) is 5.92 Å². The van der Waals surface area contributed by atoms with Gasteiger partial charge in [0.2, 0.25) is 0 Å². The lowest BCUT2D eigenvalue weighted by Gasteiger charge is -2.35. The first kappa shape index (κ1) is 23.7. The van der Waals surface area contributed by atoms with E-state index in [4.69, 9.17) is 9.47 Å². The summed E-state index contributed by atoms with van der Waals surface area (Å²) in [5.41, 5.74) is 1.43. The molecular weight excluding hydrogens is 464 g/mol. The molecule has 1 fully saturated rings. The van der Waals surface area contributed by atoms with Crippen LogP contribution < -0.4 is 13.8 Å². The number of β-amino-alcohol motifs (C(OH)–C–C–N with tert-alkyl or cyclic N) is 1. The average molecular weight is 495 g/mol. The Morgan fingerprint density at radius 2 is 1.63 bits per heavy atom. The SMILES string of the molecule is COc1ccc([C@@H](O)CN2CCC(CN3c4ccccc4Oc4ccccc4S3(=O)=O)CC2)cc1. The quantitative estimate of drug-likeness (QED) is 0.546. The number of benzene rings is 3. The van der Waals surface area contributed by atoms with E-state index < -0.39 is 16.1 Å². The number of nitrogens with zero attached hydrogens (tertiary/aromatic N) is 2. The number of hydrogen-bond acceptors (Lipinski definition) is 6. The van der Waals surface area contributed by atoms with E-state index in [1.165, 1.54) is 4.31 Å². The van der Waals surface area contributed by atoms with Crippen molar-refractivity contribution in [2.45, 2.75) is 23.8 Å². The number of aliphatic hydroxyl groups excluding tert-OH is 1. The summed E-state index contributed by atoms with van der Waals surface area (Å²) in [5.74, 6) is 1.86. The molecule has 8 heteroatoms. The second-order valence-corrected chi connectivity index (χ2v) is 10.9. The van der Waals surface area contributed by atoms with Crippen LogP contribution >= 0.6 is 0 Å². The molecule has 0 amide bonds. The minimum atomic E-state index is -3.76. The molecule has 0 spiro atoms. The molecule has 7 nitrogen and oxygen atoms in total. The van der Waals surface area contributed by atoms with E-state index in [1.807, 2.05) is 42.5 Å². The van der Waals surface area contributed by atoms with Crippen molar-refractivity contribution in [1.29, 1.82) is 0 Å². The summed E-state index contributed by atoms with van der Waals surface area (Å²) in [6, 6.07) is 21.6. The zero-order valence-corrected chi connectivity index (χ0v) is 20.5. The summed E-state index contributed by atoms with van der Waals surface area (Å²) in [7, 11) is -2.14. The van der Waals surface area contributed by atoms with Gasteiger partial charge in [-0.25, -0.2) is 8.42 Å². The fraction of sp³-hybridized carbons (Fsp3) is 0.333. The highest BCUT2D eigenvalue weighted by Gasteiger charge is 2.35. The molecule has 0 unspecified atom stereocenters. The molecule has 5 rings (SSSR count). The molecule has 1 N–H and O–H groups in total. The summed E-state index contributed by atoms with van der Waals surface area (Å²) in [5, 5.41) is 10.7.